The van der Waals surface area contributed by atoms with Crippen LogP contribution in [0.15, 0.2) is 5.16 Å². The van der Waals surface area contributed by atoms with Crippen LogP contribution in [0.2, 0.25) is 0 Å². The van der Waals surface area contributed by atoms with Crippen molar-refractivity contribution in [2.45, 2.75) is 12.4 Å². The minimum atomic E-state index is -5.67. The van der Waals surface area contributed by atoms with Crippen LogP contribution in [-0.2, 0) is 0 Å². The van der Waals surface area contributed by atoms with Gasteiger partial charge in [-0.25, -0.2) is 4.79 Å². The maximum atomic E-state index is 11.2. The van der Waals surface area contributed by atoms with Gasteiger partial charge in [0.2, 0.25) is 0 Å². The first kappa shape index (κ1) is 15.8. The van der Waals surface area contributed by atoms with Gasteiger partial charge in [-0.15, -0.1) is 0 Å². The lowest BCUT2D eigenvalue weighted by Crippen LogP contribution is -2.36. The van der Waals surface area contributed by atoms with Crippen LogP contribution in [0, 0.1) is 0 Å². The minimum Gasteiger partial charge on any atom is -0.450 e. The normalized spacial score (nSPS) is 11.1. The molecule has 0 heterocycles. The van der Waals surface area contributed by atoms with Gasteiger partial charge in [-0.05, 0) is 0 Å². The van der Waals surface area contributed by atoms with Crippen molar-refractivity contribution >= 4 is 11.9 Å². The summed E-state index contributed by atoms with van der Waals surface area (Å²) >= 11 is 0. The molecule has 0 aromatic rings. The molecule has 5 nitrogen and oxygen atoms in total. The van der Waals surface area contributed by atoms with E-state index in [1.54, 1.807) is 0 Å². The van der Waals surface area contributed by atoms with Crippen molar-refractivity contribution in [3.8, 4) is 0 Å². The van der Waals surface area contributed by atoms with Crippen molar-refractivity contribution in [3.63, 3.8) is 0 Å². The van der Waals surface area contributed by atoms with E-state index in [-0.39, 0.29) is 0 Å². The predicted octanol–water partition coefficient (Wildman–Crippen LogP) is 2.16. The van der Waals surface area contributed by atoms with Crippen LogP contribution in [0.3, 0.4) is 0 Å². The number of carbonyl (C=O) groups is 1. The molecule has 0 aliphatic rings. The average molecular weight is 243 g/mol. The number of hydrogen-bond acceptors (Lipinski definition) is 3. The lowest BCUT2D eigenvalue weighted by atomic mass is 10.3. The Hall–Kier alpha value is -1.68. The Morgan fingerprint density at radius 2 is 1.13 bits per heavy atom. The Morgan fingerprint density at radius 1 is 0.933 bits per heavy atom. The summed E-state index contributed by atoms with van der Waals surface area (Å²) in [6, 6.07) is 0. The van der Waals surface area contributed by atoms with Gasteiger partial charge < -0.3 is 15.4 Å². The van der Waals surface area contributed by atoms with Crippen LogP contribution < -0.4 is 0 Å². The first-order chi connectivity index (χ1) is 6.42. The van der Waals surface area contributed by atoms with Gasteiger partial charge in [0.05, 0.1) is 0 Å². The van der Waals surface area contributed by atoms with E-state index in [0.29, 0.717) is 0 Å². The molecule has 0 aromatic heterocycles. The highest BCUT2D eigenvalue weighted by Crippen LogP contribution is 2.29. The molecule has 0 aliphatic heterocycles. The second kappa shape index (κ2) is 5.26. The van der Waals surface area contributed by atoms with Crippen molar-refractivity contribution in [1.82, 2.24) is 0 Å². The molecule has 0 saturated heterocycles. The van der Waals surface area contributed by atoms with Gasteiger partial charge in [0.15, 0.2) is 0 Å². The van der Waals surface area contributed by atoms with Gasteiger partial charge in [-0.3, -0.25) is 0 Å². The van der Waals surface area contributed by atoms with Crippen LogP contribution in [-0.4, -0.2) is 39.6 Å². The van der Waals surface area contributed by atoms with Gasteiger partial charge in [0.1, 0.15) is 0 Å². The molecular weight excluding hydrogens is 240 g/mol. The third kappa shape index (κ3) is 8.64. The summed E-state index contributed by atoms with van der Waals surface area (Å²) in [7, 11) is 0. The zero-order valence-electron chi connectivity index (χ0n) is 6.46. The maximum Gasteiger partial charge on any atom is 0.503 e. The van der Waals surface area contributed by atoms with Crippen LogP contribution in [0.4, 0.5) is 31.1 Å². The van der Waals surface area contributed by atoms with E-state index in [9.17, 15) is 26.3 Å². The highest BCUT2D eigenvalue weighted by Gasteiger charge is 2.54. The molecule has 0 atom stereocenters. The van der Waals surface area contributed by atoms with E-state index in [0.717, 1.165) is 5.16 Å². The van der Waals surface area contributed by atoms with E-state index in [1.165, 1.54) is 0 Å². The van der Waals surface area contributed by atoms with Crippen molar-refractivity contribution < 1.29 is 46.6 Å². The number of rotatable bonds is 0. The largest absolute Gasteiger partial charge is 0.503 e. The molecule has 0 aromatic carbocycles. The lowest BCUT2D eigenvalue weighted by molar-refractivity contribution is -0.120. The Labute approximate surface area is 77.2 Å². The highest BCUT2D eigenvalue weighted by molar-refractivity contribution is 5.94. The maximum absolute atomic E-state index is 11.2. The van der Waals surface area contributed by atoms with Gasteiger partial charge in [-0.1, -0.05) is 5.16 Å². The van der Waals surface area contributed by atoms with Gasteiger partial charge in [0, 0.05) is 0 Å². The summed E-state index contributed by atoms with van der Waals surface area (Å²) < 4.78 is 67.2. The molecule has 11 heteroatoms. The standard InChI is InChI=1S/C3HF6NO.CH2O3/c4-2(5,6)1(10-11)3(7,8)9;2-1(3)4/h11H;(H2,2,3,4). The fourth-order valence-corrected chi connectivity index (χ4v) is 0.274. The van der Waals surface area contributed by atoms with Crippen molar-refractivity contribution in [2.75, 3.05) is 0 Å². The van der Waals surface area contributed by atoms with Gasteiger partial charge >= 0.3 is 18.5 Å². The topological polar surface area (TPSA) is 90.1 Å². The van der Waals surface area contributed by atoms with E-state index in [1.807, 2.05) is 0 Å². The lowest BCUT2D eigenvalue weighted by Gasteiger charge is -2.10. The van der Waals surface area contributed by atoms with E-state index in [4.69, 9.17) is 20.2 Å². The van der Waals surface area contributed by atoms with Crippen molar-refractivity contribution in [1.29, 1.82) is 0 Å². The molecule has 0 rings (SSSR count). The van der Waals surface area contributed by atoms with Crippen LogP contribution >= 0.6 is 0 Å². The zero-order valence-corrected chi connectivity index (χ0v) is 6.46. The molecular formula is C4H3F6NO4. The van der Waals surface area contributed by atoms with Gasteiger partial charge in [-0.2, -0.15) is 26.3 Å². The minimum absolute atomic E-state index is 1.10. The highest BCUT2D eigenvalue weighted by atomic mass is 19.4. The van der Waals surface area contributed by atoms with Crippen LogP contribution in [0.1, 0.15) is 0 Å². The number of nitrogens with zero attached hydrogens (tertiary/aromatic N) is 1. The molecule has 15 heavy (non-hydrogen) atoms. The summed E-state index contributed by atoms with van der Waals surface area (Å²) in [5, 5.41) is 22.4. The number of alkyl halides is 6. The Bertz CT molecular complexity index is 222. The van der Waals surface area contributed by atoms with E-state index in [2.05, 4.69) is 0 Å². The smallest absolute Gasteiger partial charge is 0.450 e. The first-order valence-corrected chi connectivity index (χ1v) is 2.71. The second-order valence-corrected chi connectivity index (χ2v) is 1.73. The molecule has 0 spiro atoms. The van der Waals surface area contributed by atoms with Crippen LogP contribution in [0.5, 0.6) is 0 Å². The fourth-order valence-electron chi connectivity index (χ4n) is 0.274. The average Bonchev–Trinajstić information content (AvgIpc) is 1.78. The fraction of sp³-hybridized carbons (Fsp3) is 0.500. The molecule has 0 bridgehead atoms. The summed E-state index contributed by atoms with van der Waals surface area (Å²) in [6.07, 6.45) is -13.2. The molecule has 0 saturated carbocycles. The Balaban J connectivity index is 0. The zero-order chi connectivity index (χ0) is 12.9. The third-order valence-electron chi connectivity index (χ3n) is 0.637. The number of hydrogen-bond donors (Lipinski definition) is 3. The Kier molecular flexibility index (Phi) is 5.54. The molecule has 0 unspecified atom stereocenters. The van der Waals surface area contributed by atoms with Gasteiger partial charge in [0.25, 0.3) is 5.71 Å². The molecule has 0 aliphatic carbocycles. The first-order valence-electron chi connectivity index (χ1n) is 2.71. The van der Waals surface area contributed by atoms with E-state index >= 15 is 0 Å². The second-order valence-electron chi connectivity index (χ2n) is 1.73. The molecule has 90 valence electrons. The van der Waals surface area contributed by atoms with Crippen molar-refractivity contribution in [2.24, 2.45) is 5.16 Å². The summed E-state index contributed by atoms with van der Waals surface area (Å²) in [6.45, 7) is 0. The predicted molar refractivity (Wildman–Crippen MR) is 32.0 cm³/mol. The SMILES string of the molecule is O=C(O)O.ON=C(C(F)(F)F)C(F)(F)F. The molecule has 3 N–H and O–H groups in total. The number of oxime groups is 1. The van der Waals surface area contributed by atoms with E-state index < -0.39 is 24.2 Å². The van der Waals surface area contributed by atoms with Crippen LogP contribution in [0.25, 0.3) is 0 Å². The summed E-state index contributed by atoms with van der Waals surface area (Å²) in [5.74, 6) is 0. The van der Waals surface area contributed by atoms with Crippen molar-refractivity contribution in [3.05, 3.63) is 0 Å². The number of halogens is 6. The Morgan fingerprint density at radius 3 is 1.13 bits per heavy atom. The molecule has 0 amide bonds. The summed E-state index contributed by atoms with van der Waals surface area (Å²) in [5.41, 5.74) is -3.16. The molecule has 0 radical (unpaired) electrons. The molecule has 0 fully saturated rings. The summed E-state index contributed by atoms with van der Waals surface area (Å²) in [4.78, 5) is 8.56. The monoisotopic (exact) mass is 243 g/mol. The quantitative estimate of drug-likeness (QED) is 0.263. The third-order valence-corrected chi connectivity index (χ3v) is 0.637. The number of carboxylic acid groups (broad SMARTS) is 2.